The van der Waals surface area contributed by atoms with Crippen molar-refractivity contribution in [3.63, 3.8) is 0 Å². The van der Waals surface area contributed by atoms with Crippen LogP contribution in [0, 0.1) is 22.7 Å². The molecule has 2 rings (SSSR count). The first kappa shape index (κ1) is 11.8. The van der Waals surface area contributed by atoms with Crippen molar-refractivity contribution in [2.75, 3.05) is 0 Å². The number of nitriles is 2. The third-order valence-corrected chi connectivity index (χ3v) is 2.52. The molecule has 0 radical (unpaired) electrons. The minimum Gasteiger partial charge on any atom is -0.324 e. The Morgan fingerprint density at radius 3 is 2.56 bits per heavy atom. The molecule has 6 nitrogen and oxygen atoms in total. The number of imidazole rings is 1. The Morgan fingerprint density at radius 1 is 1.28 bits per heavy atom. The fourth-order valence-electron chi connectivity index (χ4n) is 1.52. The summed E-state index contributed by atoms with van der Waals surface area (Å²) in [6.45, 7) is 1.86. The first-order chi connectivity index (χ1) is 8.67. The van der Waals surface area contributed by atoms with Crippen molar-refractivity contribution in [3.8, 4) is 18.0 Å². The van der Waals surface area contributed by atoms with Crippen LogP contribution in [0.4, 0.5) is 0 Å². The summed E-state index contributed by atoms with van der Waals surface area (Å²) in [5.74, 6) is 0.532. The topological polar surface area (TPSA) is 104 Å². The standard InChI is InChI=1S/C12H10N6/c1-8(15)9-2-3-12(16-6-9)18-7-17-10(4-13)11(18)5-14/h2-3,6-8H,15H2,1H3/t8-/m0/s1. The highest BCUT2D eigenvalue weighted by Crippen LogP contribution is 2.14. The van der Waals surface area contributed by atoms with Gasteiger partial charge in [-0.1, -0.05) is 6.07 Å². The molecule has 2 N–H and O–H groups in total. The lowest BCUT2D eigenvalue weighted by atomic mass is 10.1. The third kappa shape index (κ3) is 1.93. The zero-order valence-corrected chi connectivity index (χ0v) is 9.70. The minimum absolute atomic E-state index is 0.0931. The monoisotopic (exact) mass is 238 g/mol. The van der Waals surface area contributed by atoms with Crippen LogP contribution in [0.3, 0.4) is 0 Å². The summed E-state index contributed by atoms with van der Waals surface area (Å²) >= 11 is 0. The first-order valence-corrected chi connectivity index (χ1v) is 5.26. The summed E-state index contributed by atoms with van der Waals surface area (Å²) in [5.41, 5.74) is 6.90. The van der Waals surface area contributed by atoms with E-state index in [1.54, 1.807) is 12.3 Å². The Balaban J connectivity index is 2.47. The van der Waals surface area contributed by atoms with Crippen molar-refractivity contribution in [3.05, 3.63) is 41.6 Å². The number of pyridine rings is 1. The van der Waals surface area contributed by atoms with Crippen LogP contribution in [-0.2, 0) is 0 Å². The molecule has 0 spiro atoms. The highest BCUT2D eigenvalue weighted by molar-refractivity contribution is 5.41. The smallest absolute Gasteiger partial charge is 0.177 e. The molecule has 0 fully saturated rings. The van der Waals surface area contributed by atoms with E-state index in [-0.39, 0.29) is 17.4 Å². The first-order valence-electron chi connectivity index (χ1n) is 5.26. The largest absolute Gasteiger partial charge is 0.324 e. The summed E-state index contributed by atoms with van der Waals surface area (Å²) < 4.78 is 1.48. The molecule has 0 saturated carbocycles. The molecule has 0 aromatic carbocycles. The van der Waals surface area contributed by atoms with Crippen LogP contribution in [0.2, 0.25) is 0 Å². The summed E-state index contributed by atoms with van der Waals surface area (Å²) in [6.07, 6.45) is 3.05. The van der Waals surface area contributed by atoms with Gasteiger partial charge >= 0.3 is 0 Å². The van der Waals surface area contributed by atoms with Gasteiger partial charge in [-0.2, -0.15) is 10.5 Å². The number of hydrogen-bond donors (Lipinski definition) is 1. The van der Waals surface area contributed by atoms with Gasteiger partial charge in [0.15, 0.2) is 11.4 Å². The highest BCUT2D eigenvalue weighted by Gasteiger charge is 2.12. The van der Waals surface area contributed by atoms with Crippen LogP contribution < -0.4 is 5.73 Å². The van der Waals surface area contributed by atoms with Gasteiger partial charge in [0, 0.05) is 12.2 Å². The molecule has 2 heterocycles. The lowest BCUT2D eigenvalue weighted by Crippen LogP contribution is -2.06. The predicted molar refractivity (Wildman–Crippen MR) is 63.4 cm³/mol. The van der Waals surface area contributed by atoms with Crippen molar-refractivity contribution in [2.24, 2.45) is 5.73 Å². The van der Waals surface area contributed by atoms with E-state index in [9.17, 15) is 0 Å². The number of hydrogen-bond acceptors (Lipinski definition) is 5. The molecule has 0 aliphatic carbocycles. The second-order valence-corrected chi connectivity index (χ2v) is 3.77. The van der Waals surface area contributed by atoms with Crippen molar-refractivity contribution < 1.29 is 0 Å². The van der Waals surface area contributed by atoms with Gasteiger partial charge in [-0.3, -0.25) is 4.57 Å². The highest BCUT2D eigenvalue weighted by atomic mass is 15.1. The Bertz CT molecular complexity index is 639. The quantitative estimate of drug-likeness (QED) is 0.841. The Kier molecular flexibility index (Phi) is 3.05. The summed E-state index contributed by atoms with van der Waals surface area (Å²) in [7, 11) is 0. The zero-order chi connectivity index (χ0) is 13.1. The van der Waals surface area contributed by atoms with E-state index in [4.69, 9.17) is 16.3 Å². The second-order valence-electron chi connectivity index (χ2n) is 3.77. The maximum absolute atomic E-state index is 9.01. The van der Waals surface area contributed by atoms with Gasteiger partial charge in [0.2, 0.25) is 0 Å². The van der Waals surface area contributed by atoms with Gasteiger partial charge in [-0.25, -0.2) is 9.97 Å². The van der Waals surface area contributed by atoms with Crippen LogP contribution in [0.15, 0.2) is 24.7 Å². The Morgan fingerprint density at radius 2 is 2.06 bits per heavy atom. The van der Waals surface area contributed by atoms with E-state index in [1.165, 1.54) is 10.9 Å². The van der Waals surface area contributed by atoms with Crippen molar-refractivity contribution in [2.45, 2.75) is 13.0 Å². The number of nitrogens with two attached hydrogens (primary N) is 1. The van der Waals surface area contributed by atoms with Crippen molar-refractivity contribution in [1.29, 1.82) is 10.5 Å². The Labute approximate surface area is 104 Å². The molecule has 0 amide bonds. The molecule has 0 bridgehead atoms. The molecule has 0 unspecified atom stereocenters. The summed E-state index contributed by atoms with van der Waals surface area (Å²) in [5, 5.41) is 17.8. The molecule has 2 aromatic rings. The van der Waals surface area contributed by atoms with Gasteiger partial charge in [0.1, 0.15) is 24.3 Å². The molecular weight excluding hydrogens is 228 g/mol. The summed E-state index contributed by atoms with van der Waals surface area (Å²) in [4.78, 5) is 8.06. The van der Waals surface area contributed by atoms with Crippen molar-refractivity contribution >= 4 is 0 Å². The van der Waals surface area contributed by atoms with Crippen LogP contribution >= 0.6 is 0 Å². The zero-order valence-electron chi connectivity index (χ0n) is 9.70. The molecular formula is C12H10N6. The molecule has 2 aromatic heterocycles. The van der Waals surface area contributed by atoms with Crippen LogP contribution in [0.25, 0.3) is 5.82 Å². The average molecular weight is 238 g/mol. The maximum atomic E-state index is 9.01. The molecule has 0 aliphatic rings. The van der Waals surface area contributed by atoms with E-state index in [0.29, 0.717) is 5.82 Å². The summed E-state index contributed by atoms with van der Waals surface area (Å²) in [6, 6.07) is 7.28. The van der Waals surface area contributed by atoms with E-state index < -0.39 is 0 Å². The van der Waals surface area contributed by atoms with Gasteiger partial charge in [-0.15, -0.1) is 0 Å². The molecule has 88 valence electrons. The third-order valence-electron chi connectivity index (χ3n) is 2.52. The van der Waals surface area contributed by atoms with Gasteiger partial charge in [0.05, 0.1) is 0 Å². The minimum atomic E-state index is -0.0977. The molecule has 1 atom stereocenters. The lowest BCUT2D eigenvalue weighted by molar-refractivity contribution is 0.807. The fourth-order valence-corrected chi connectivity index (χ4v) is 1.52. The number of aromatic nitrogens is 3. The number of rotatable bonds is 2. The van der Waals surface area contributed by atoms with E-state index in [1.807, 2.05) is 25.1 Å². The van der Waals surface area contributed by atoms with Crippen molar-refractivity contribution in [1.82, 2.24) is 14.5 Å². The van der Waals surface area contributed by atoms with E-state index >= 15 is 0 Å². The van der Waals surface area contributed by atoms with Crippen LogP contribution in [0.1, 0.15) is 29.9 Å². The normalized spacial score (nSPS) is 11.6. The van der Waals surface area contributed by atoms with Gasteiger partial charge in [0.25, 0.3) is 0 Å². The number of nitrogens with zero attached hydrogens (tertiary/aromatic N) is 5. The Hall–Kier alpha value is -2.70. The molecule has 0 aliphatic heterocycles. The molecule has 6 heteroatoms. The van der Waals surface area contributed by atoms with E-state index in [2.05, 4.69) is 9.97 Å². The fraction of sp³-hybridized carbons (Fsp3) is 0.167. The SMILES string of the molecule is C[C@H](N)c1ccc(-n2cnc(C#N)c2C#N)nc1. The van der Waals surface area contributed by atoms with Crippen LogP contribution in [0.5, 0.6) is 0 Å². The van der Waals surface area contributed by atoms with E-state index in [0.717, 1.165) is 5.56 Å². The maximum Gasteiger partial charge on any atom is 0.177 e. The van der Waals surface area contributed by atoms with Gasteiger partial charge in [-0.05, 0) is 18.6 Å². The lowest BCUT2D eigenvalue weighted by Gasteiger charge is -2.06. The average Bonchev–Trinajstić information content (AvgIpc) is 2.81. The predicted octanol–water partition coefficient (Wildman–Crippen LogP) is 1.03. The van der Waals surface area contributed by atoms with Gasteiger partial charge < -0.3 is 5.73 Å². The molecule has 18 heavy (non-hydrogen) atoms. The molecule has 0 saturated heterocycles. The van der Waals surface area contributed by atoms with Crippen LogP contribution in [-0.4, -0.2) is 14.5 Å². The second kappa shape index (κ2) is 4.66.